The predicted molar refractivity (Wildman–Crippen MR) is 209 cm³/mol. The van der Waals surface area contributed by atoms with Crippen molar-refractivity contribution in [1.82, 2.24) is 37.2 Å². The molecule has 0 saturated heterocycles. The molecule has 2 aromatic rings. The van der Waals surface area contributed by atoms with E-state index in [-0.39, 0.29) is 12.8 Å². The van der Waals surface area contributed by atoms with E-state index in [0.29, 0.717) is 11.1 Å². The minimum Gasteiger partial charge on any atom is -0.480 e. The van der Waals surface area contributed by atoms with E-state index < -0.39 is 124 Å². The zero-order valence-electron chi connectivity index (χ0n) is 33.0. The topological polar surface area (TPSA) is 352 Å². The van der Waals surface area contributed by atoms with Crippen LogP contribution in [0.1, 0.15) is 18.1 Å². The Morgan fingerprint density at radius 1 is 0.633 bits per heavy atom. The molecule has 0 spiro atoms. The number of phosphoric acid groups is 1. The lowest BCUT2D eigenvalue weighted by Gasteiger charge is -2.27. The maximum absolute atomic E-state index is 13.9. The number of carboxylic acid groups (broad SMARTS) is 1. The average Bonchev–Trinajstić information content (AvgIpc) is 3.24. The molecule has 0 aliphatic carbocycles. The van der Waals surface area contributed by atoms with Crippen LogP contribution in [0.2, 0.25) is 0 Å². The number of aliphatic hydroxyl groups excluding tert-OH is 2. The molecule has 0 fully saturated rings. The molecule has 24 heteroatoms. The third-order valence-electron chi connectivity index (χ3n) is 8.31. The standard InChI is InChI=1S/C36H51N8O15P/c1-21(39-33(52)24(40-29(47)16-37)14-22-10-6-4-7-11-22)31(50)44-28(20-59-60(56,57-2)58-3)36(55)41-25(15-23-12-8-5-9-13-23)34(53)43-27(19-46)35(54)42-26(18-45)32(51)38-17-30(48)49/h4-13,21,24-28,45-46H,14-20,37H2,1-3H3,(H,38,51)(H,39,52)(H,40,47)(H,41,55)(H,42,54)(H,43,53)(H,44,50)(H,48,49)/t21-,24-,25-,26-,27-,28-/m0/s1/i56+2. The number of rotatable bonds is 26. The summed E-state index contributed by atoms with van der Waals surface area (Å²) >= 11 is 0. The fraction of sp³-hybridized carbons (Fsp3) is 0.444. The van der Waals surface area contributed by atoms with E-state index in [1.165, 1.54) is 6.92 Å². The van der Waals surface area contributed by atoms with Crippen LogP contribution in [0.5, 0.6) is 0 Å². The van der Waals surface area contributed by atoms with Crippen molar-refractivity contribution in [3.05, 3.63) is 71.8 Å². The summed E-state index contributed by atoms with van der Waals surface area (Å²) in [6.07, 6.45) is -0.211. The Balaban J connectivity index is 2.35. The molecule has 2 rings (SSSR count). The van der Waals surface area contributed by atoms with Crippen LogP contribution in [-0.4, -0.2) is 146 Å². The van der Waals surface area contributed by atoms with Crippen LogP contribution in [0.25, 0.3) is 0 Å². The van der Waals surface area contributed by atoms with E-state index >= 15 is 0 Å². The first kappa shape index (κ1) is 50.3. The molecular formula is C36H51N8O15P. The van der Waals surface area contributed by atoms with E-state index in [2.05, 4.69) is 31.9 Å². The highest BCUT2D eigenvalue weighted by atomic mass is 31.2. The molecule has 0 heterocycles. The second-order valence-electron chi connectivity index (χ2n) is 12.8. The van der Waals surface area contributed by atoms with Gasteiger partial charge in [-0.3, -0.25) is 51.9 Å². The van der Waals surface area contributed by atoms with E-state index in [1.54, 1.807) is 60.7 Å². The van der Waals surface area contributed by atoms with Gasteiger partial charge in [0.1, 0.15) is 42.8 Å². The molecule has 0 unspecified atom stereocenters. The van der Waals surface area contributed by atoms with Gasteiger partial charge in [-0.15, -0.1) is 0 Å². The molecule has 0 radical (unpaired) electrons. The normalized spacial score (nSPS) is 14.1. The average molecular weight is 869 g/mol. The Morgan fingerprint density at radius 2 is 1.05 bits per heavy atom. The number of carbonyl (C=O) groups excluding carboxylic acids is 7. The van der Waals surface area contributed by atoms with Crippen molar-refractivity contribution >= 4 is 55.1 Å². The third kappa shape index (κ3) is 17.2. The molecule has 12 N–H and O–H groups in total. The monoisotopic (exact) mass is 868 g/mol. The van der Waals surface area contributed by atoms with Crippen LogP contribution < -0.4 is 43.0 Å². The van der Waals surface area contributed by atoms with Gasteiger partial charge in [0, 0.05) is 27.1 Å². The first-order valence-corrected chi connectivity index (χ1v) is 19.6. The molecule has 60 heavy (non-hydrogen) atoms. The van der Waals surface area contributed by atoms with E-state index in [4.69, 9.17) is 24.4 Å². The zero-order valence-corrected chi connectivity index (χ0v) is 33.8. The number of benzene rings is 2. The van der Waals surface area contributed by atoms with Gasteiger partial charge < -0.3 is 58.3 Å². The van der Waals surface area contributed by atoms with Gasteiger partial charge in [-0.05, 0) is 18.1 Å². The Hall–Kier alpha value is -5.81. The smallest absolute Gasteiger partial charge is 0.474 e. The number of nitrogens with one attached hydrogen (secondary N) is 7. The molecule has 0 bridgehead atoms. The van der Waals surface area contributed by atoms with Crippen molar-refractivity contribution in [2.24, 2.45) is 5.73 Å². The summed E-state index contributed by atoms with van der Waals surface area (Å²) < 4.78 is 27.5. The summed E-state index contributed by atoms with van der Waals surface area (Å²) in [5, 5.41) is 44.4. The van der Waals surface area contributed by atoms with E-state index in [1.807, 2.05) is 5.32 Å². The second-order valence-corrected chi connectivity index (χ2v) is 14.6. The molecule has 0 saturated carbocycles. The van der Waals surface area contributed by atoms with Crippen molar-refractivity contribution in [2.45, 2.75) is 56.0 Å². The molecule has 7 amide bonds. The van der Waals surface area contributed by atoms with Crippen molar-refractivity contribution in [3.63, 3.8) is 0 Å². The lowest BCUT2D eigenvalue weighted by molar-refractivity contribution is -0.139. The summed E-state index contributed by atoms with van der Waals surface area (Å²) in [6, 6.07) is 7.47. The first-order chi connectivity index (χ1) is 28.5. The molecule has 6 atom stereocenters. The fourth-order valence-corrected chi connectivity index (χ4v) is 5.76. The molecule has 2 aromatic carbocycles. The van der Waals surface area contributed by atoms with Crippen LogP contribution in [0, 0.1) is 0 Å². The summed E-state index contributed by atoms with van der Waals surface area (Å²) in [5.41, 5.74) is 6.59. The summed E-state index contributed by atoms with van der Waals surface area (Å²) in [5.74, 6) is -8.24. The predicted octanol–water partition coefficient (Wildman–Crippen LogP) is -4.04. The summed E-state index contributed by atoms with van der Waals surface area (Å²) in [6.45, 7) is -2.88. The summed E-state index contributed by atoms with van der Waals surface area (Å²) in [4.78, 5) is 103. The van der Waals surface area contributed by atoms with Gasteiger partial charge >= 0.3 is 13.8 Å². The zero-order chi connectivity index (χ0) is 44.8. The van der Waals surface area contributed by atoms with Gasteiger partial charge in [0.15, 0.2) is 0 Å². The molecule has 0 aliphatic heterocycles. The minimum absolute atomic E-state index is 0.0305. The van der Waals surface area contributed by atoms with Crippen LogP contribution in [-0.2, 0) is 69.3 Å². The van der Waals surface area contributed by atoms with Gasteiger partial charge in [-0.25, -0.2) is 4.57 Å². The number of amides is 7. The number of nitrogens with two attached hydrogens (primary N) is 1. The number of carboxylic acids is 1. The molecule has 0 aliphatic rings. The highest BCUT2D eigenvalue weighted by molar-refractivity contribution is 7.48. The number of carbonyl (C=O) groups is 8. The first-order valence-electron chi connectivity index (χ1n) is 18.2. The minimum atomic E-state index is -4.28. The van der Waals surface area contributed by atoms with Crippen molar-refractivity contribution < 1.29 is 71.8 Å². The number of phosphoric ester groups is 1. The fourth-order valence-electron chi connectivity index (χ4n) is 5.07. The van der Waals surface area contributed by atoms with Gasteiger partial charge in [0.2, 0.25) is 41.4 Å². The van der Waals surface area contributed by atoms with Gasteiger partial charge in [0.25, 0.3) is 0 Å². The number of hydrogen-bond donors (Lipinski definition) is 11. The Bertz CT molecular complexity index is 1820. The van der Waals surface area contributed by atoms with Gasteiger partial charge in [-0.2, -0.15) is 0 Å². The Morgan fingerprint density at radius 3 is 1.52 bits per heavy atom. The number of aliphatic carboxylic acids is 1. The van der Waals surface area contributed by atoms with Crippen molar-refractivity contribution in [1.29, 1.82) is 0 Å². The van der Waals surface area contributed by atoms with Gasteiger partial charge in [0.05, 0.1) is 26.4 Å². The van der Waals surface area contributed by atoms with Crippen LogP contribution in [0.4, 0.5) is 0 Å². The van der Waals surface area contributed by atoms with Crippen molar-refractivity contribution in [2.75, 3.05) is 47.1 Å². The third-order valence-corrected chi connectivity index (χ3v) is 9.67. The lowest BCUT2D eigenvalue weighted by Crippen LogP contribution is -2.61. The van der Waals surface area contributed by atoms with E-state index in [0.717, 1.165) is 14.2 Å². The number of hydrogen-bond acceptors (Lipinski definition) is 15. The molecule has 0 aromatic heterocycles. The SMILES string of the molecule is COP(=[18O])(OC)OC[C@H](NC(=O)[C@H](C)NC(=O)[C@H](Cc1ccccc1)NC(=O)CN)C(=O)N[C@@H](Cc1ccccc1)C(=O)N[C@@H](CO)C(=O)N[C@@H](CO)C(=O)NCC(=O)O. The van der Waals surface area contributed by atoms with Crippen LogP contribution in [0.3, 0.4) is 0 Å². The Labute approximate surface area is 344 Å². The maximum atomic E-state index is 13.9. The second kappa shape index (κ2) is 25.6. The largest absolute Gasteiger partial charge is 0.480 e. The maximum Gasteiger partial charge on any atom is 0.474 e. The quantitative estimate of drug-likeness (QED) is 0.0317. The van der Waals surface area contributed by atoms with Crippen LogP contribution in [0.15, 0.2) is 60.7 Å². The lowest BCUT2D eigenvalue weighted by atomic mass is 10.0. The molecule has 330 valence electrons. The van der Waals surface area contributed by atoms with Crippen molar-refractivity contribution in [3.8, 4) is 0 Å². The highest BCUT2D eigenvalue weighted by Crippen LogP contribution is 2.47. The Kier molecular flexibility index (Phi) is 21.5. The van der Waals surface area contributed by atoms with E-state index in [9.17, 15) is 53.1 Å². The summed E-state index contributed by atoms with van der Waals surface area (Å²) in [7, 11) is -2.30. The highest BCUT2D eigenvalue weighted by Gasteiger charge is 2.35. The number of aliphatic hydroxyl groups is 2. The molecule has 23 nitrogen and oxygen atoms in total. The van der Waals surface area contributed by atoms with Crippen LogP contribution >= 0.6 is 7.82 Å². The van der Waals surface area contributed by atoms with Gasteiger partial charge in [-0.1, -0.05) is 60.7 Å². The molecular weight excluding hydrogens is 817 g/mol.